The maximum atomic E-state index is 11.1. The smallest absolute Gasteiger partial charge is 0.249 e. The van der Waals surface area contributed by atoms with E-state index in [0.717, 1.165) is 11.3 Å². The first kappa shape index (κ1) is 8.56. The van der Waals surface area contributed by atoms with Crippen molar-refractivity contribution in [2.45, 2.75) is 0 Å². The van der Waals surface area contributed by atoms with Gasteiger partial charge in [0.2, 0.25) is 5.91 Å². The van der Waals surface area contributed by atoms with Gasteiger partial charge in [-0.1, -0.05) is 18.2 Å². The Morgan fingerprint density at radius 3 is 2.93 bits per heavy atom. The number of hydrogen-bond donors (Lipinski definition) is 2. The van der Waals surface area contributed by atoms with Gasteiger partial charge in [-0.05, 0) is 18.2 Å². The fourth-order valence-corrected chi connectivity index (χ4v) is 1.43. The van der Waals surface area contributed by atoms with Crippen LogP contribution in [-0.4, -0.2) is 5.91 Å². The standard InChI is InChI=1S/C11H10N2O/c12-11(14)9-5-3-6-10-8(9)4-1-2-7-13-10/h1-7,13H,(H2,12,14). The highest BCUT2D eigenvalue weighted by atomic mass is 16.1. The van der Waals surface area contributed by atoms with E-state index in [1.165, 1.54) is 0 Å². The number of anilines is 1. The summed E-state index contributed by atoms with van der Waals surface area (Å²) in [5.41, 5.74) is 7.54. The second kappa shape index (κ2) is 3.38. The molecule has 0 bridgehead atoms. The van der Waals surface area contributed by atoms with Gasteiger partial charge >= 0.3 is 0 Å². The highest BCUT2D eigenvalue weighted by Gasteiger charge is 2.09. The second-order valence-electron chi connectivity index (χ2n) is 2.99. The summed E-state index contributed by atoms with van der Waals surface area (Å²) >= 11 is 0. The maximum Gasteiger partial charge on any atom is 0.249 e. The molecule has 14 heavy (non-hydrogen) atoms. The van der Waals surface area contributed by atoms with E-state index < -0.39 is 5.91 Å². The molecule has 1 aromatic rings. The Morgan fingerprint density at radius 1 is 1.29 bits per heavy atom. The molecular formula is C11H10N2O. The third kappa shape index (κ3) is 1.40. The summed E-state index contributed by atoms with van der Waals surface area (Å²) in [7, 11) is 0. The fourth-order valence-electron chi connectivity index (χ4n) is 1.43. The molecule has 3 N–H and O–H groups in total. The average Bonchev–Trinajstić information content (AvgIpc) is 2.41. The van der Waals surface area contributed by atoms with Crippen LogP contribution in [0.25, 0.3) is 6.08 Å². The van der Waals surface area contributed by atoms with Gasteiger partial charge in [0.05, 0.1) is 0 Å². The van der Waals surface area contributed by atoms with Crippen molar-refractivity contribution in [2.24, 2.45) is 5.73 Å². The Bertz CT molecular complexity index is 433. The lowest BCUT2D eigenvalue weighted by Crippen LogP contribution is -2.13. The number of fused-ring (bicyclic) bond motifs is 1. The largest absolute Gasteiger partial charge is 0.366 e. The van der Waals surface area contributed by atoms with Gasteiger partial charge in [-0.15, -0.1) is 0 Å². The van der Waals surface area contributed by atoms with Crippen LogP contribution < -0.4 is 11.1 Å². The van der Waals surface area contributed by atoms with E-state index in [1.807, 2.05) is 30.5 Å². The van der Waals surface area contributed by atoms with Crippen molar-refractivity contribution in [1.29, 1.82) is 0 Å². The van der Waals surface area contributed by atoms with Gasteiger partial charge in [-0.25, -0.2) is 0 Å². The number of rotatable bonds is 1. The third-order valence-electron chi connectivity index (χ3n) is 2.08. The molecule has 1 aliphatic rings. The maximum absolute atomic E-state index is 11.1. The molecule has 0 aliphatic carbocycles. The minimum Gasteiger partial charge on any atom is -0.366 e. The van der Waals surface area contributed by atoms with Crippen LogP contribution in [0.3, 0.4) is 0 Å². The summed E-state index contributed by atoms with van der Waals surface area (Å²) in [6.45, 7) is 0. The summed E-state index contributed by atoms with van der Waals surface area (Å²) < 4.78 is 0. The van der Waals surface area contributed by atoms with Crippen LogP contribution in [0, 0.1) is 0 Å². The molecule has 70 valence electrons. The van der Waals surface area contributed by atoms with Crippen LogP contribution in [0.4, 0.5) is 5.69 Å². The summed E-state index contributed by atoms with van der Waals surface area (Å²) in [4.78, 5) is 11.1. The van der Waals surface area contributed by atoms with E-state index in [1.54, 1.807) is 12.1 Å². The number of carbonyl (C=O) groups excluding carboxylic acids is 1. The monoisotopic (exact) mass is 186 g/mol. The Balaban J connectivity index is 2.61. The molecule has 3 nitrogen and oxygen atoms in total. The first-order valence-corrected chi connectivity index (χ1v) is 4.31. The minimum absolute atomic E-state index is 0.407. The lowest BCUT2D eigenvalue weighted by molar-refractivity contribution is 0.1000. The third-order valence-corrected chi connectivity index (χ3v) is 2.08. The Labute approximate surface area is 81.9 Å². The Morgan fingerprint density at radius 2 is 2.14 bits per heavy atom. The molecule has 0 saturated heterocycles. The number of primary amides is 1. The molecule has 0 saturated carbocycles. The van der Waals surface area contributed by atoms with E-state index in [-0.39, 0.29) is 0 Å². The van der Waals surface area contributed by atoms with Gasteiger partial charge < -0.3 is 11.1 Å². The molecule has 0 fully saturated rings. The van der Waals surface area contributed by atoms with Crippen molar-refractivity contribution in [3.63, 3.8) is 0 Å². The predicted octanol–water partition coefficient (Wildman–Crippen LogP) is 1.74. The molecule has 0 unspecified atom stereocenters. The predicted molar refractivity (Wildman–Crippen MR) is 56.8 cm³/mol. The number of hydrogen-bond acceptors (Lipinski definition) is 2. The molecule has 2 rings (SSSR count). The lowest BCUT2D eigenvalue weighted by atomic mass is 10.0. The molecule has 1 heterocycles. The van der Waals surface area contributed by atoms with Crippen molar-refractivity contribution < 1.29 is 4.79 Å². The van der Waals surface area contributed by atoms with Crippen molar-refractivity contribution in [1.82, 2.24) is 0 Å². The van der Waals surface area contributed by atoms with E-state index in [0.29, 0.717) is 5.56 Å². The van der Waals surface area contributed by atoms with Crippen LogP contribution in [0.15, 0.2) is 36.6 Å². The number of benzene rings is 1. The molecule has 1 amide bonds. The molecule has 0 aromatic heterocycles. The van der Waals surface area contributed by atoms with Gasteiger partial charge in [0, 0.05) is 23.0 Å². The van der Waals surface area contributed by atoms with Crippen LogP contribution in [-0.2, 0) is 0 Å². The van der Waals surface area contributed by atoms with Gasteiger partial charge in [0.15, 0.2) is 0 Å². The summed E-state index contributed by atoms with van der Waals surface area (Å²) in [5.74, 6) is -0.407. The van der Waals surface area contributed by atoms with Gasteiger partial charge in [0.25, 0.3) is 0 Å². The topological polar surface area (TPSA) is 55.1 Å². The number of carbonyl (C=O) groups is 1. The van der Waals surface area contributed by atoms with Crippen LogP contribution in [0.2, 0.25) is 0 Å². The highest BCUT2D eigenvalue weighted by molar-refractivity contribution is 5.99. The van der Waals surface area contributed by atoms with E-state index in [9.17, 15) is 4.79 Å². The SMILES string of the molecule is NC(=O)c1cccc2c1C=CC=CN2. The highest BCUT2D eigenvalue weighted by Crippen LogP contribution is 2.23. The molecule has 0 spiro atoms. The molecular weight excluding hydrogens is 176 g/mol. The normalized spacial score (nSPS) is 12.9. The van der Waals surface area contributed by atoms with Crippen LogP contribution >= 0.6 is 0 Å². The summed E-state index contributed by atoms with van der Waals surface area (Å²) in [6.07, 6.45) is 7.41. The zero-order valence-electron chi connectivity index (χ0n) is 7.53. The van der Waals surface area contributed by atoms with Crippen LogP contribution in [0.1, 0.15) is 15.9 Å². The van der Waals surface area contributed by atoms with Crippen molar-refractivity contribution >= 4 is 17.7 Å². The van der Waals surface area contributed by atoms with Gasteiger partial charge in [-0.3, -0.25) is 4.79 Å². The molecule has 0 atom stereocenters. The van der Waals surface area contributed by atoms with Crippen LogP contribution in [0.5, 0.6) is 0 Å². The number of nitrogens with one attached hydrogen (secondary N) is 1. The van der Waals surface area contributed by atoms with Crippen molar-refractivity contribution in [3.8, 4) is 0 Å². The summed E-state index contributed by atoms with van der Waals surface area (Å²) in [6, 6.07) is 5.43. The zero-order chi connectivity index (χ0) is 9.97. The first-order valence-electron chi connectivity index (χ1n) is 4.31. The average molecular weight is 186 g/mol. The van der Waals surface area contributed by atoms with E-state index in [2.05, 4.69) is 5.32 Å². The van der Waals surface area contributed by atoms with E-state index >= 15 is 0 Å². The Hall–Kier alpha value is -2.03. The fraction of sp³-hybridized carbons (Fsp3) is 0. The molecule has 0 radical (unpaired) electrons. The van der Waals surface area contributed by atoms with E-state index in [4.69, 9.17) is 5.73 Å². The zero-order valence-corrected chi connectivity index (χ0v) is 7.53. The minimum atomic E-state index is -0.407. The second-order valence-corrected chi connectivity index (χ2v) is 2.99. The number of amides is 1. The van der Waals surface area contributed by atoms with Gasteiger partial charge in [0.1, 0.15) is 0 Å². The summed E-state index contributed by atoms with van der Waals surface area (Å²) in [5, 5.41) is 3.07. The quantitative estimate of drug-likeness (QED) is 0.701. The molecule has 1 aromatic carbocycles. The molecule has 3 heteroatoms. The van der Waals surface area contributed by atoms with Crippen molar-refractivity contribution in [3.05, 3.63) is 47.7 Å². The number of nitrogens with two attached hydrogens (primary N) is 1. The van der Waals surface area contributed by atoms with Crippen molar-refractivity contribution in [2.75, 3.05) is 5.32 Å². The first-order chi connectivity index (χ1) is 6.79. The van der Waals surface area contributed by atoms with Gasteiger partial charge in [-0.2, -0.15) is 0 Å². The Kier molecular flexibility index (Phi) is 2.07. The molecule has 1 aliphatic heterocycles. The number of allylic oxidation sites excluding steroid dienone is 2. The lowest BCUT2D eigenvalue weighted by Gasteiger charge is -2.07.